The molecule has 0 unspecified atom stereocenters. The average Bonchev–Trinajstić information content (AvgIpc) is 2.03. The zero-order valence-corrected chi connectivity index (χ0v) is 8.39. The van der Waals surface area contributed by atoms with Crippen molar-refractivity contribution in [3.63, 3.8) is 0 Å². The van der Waals surface area contributed by atoms with Gasteiger partial charge in [0.05, 0.1) is 0 Å². The van der Waals surface area contributed by atoms with Crippen molar-refractivity contribution >= 4 is 5.69 Å². The Hall–Kier alpha value is -1.05. The molecular formula is C11H16FN. The predicted octanol–water partition coefficient (Wildman–Crippen LogP) is 3.02. The molecule has 0 spiro atoms. The number of hydrogen-bond acceptors (Lipinski definition) is 1. The number of alkyl halides is 1. The SMILES string of the molecule is CNc1ccc(CC(C)(C)F)cc1. The summed E-state index contributed by atoms with van der Waals surface area (Å²) in [5.41, 5.74) is 0.966. The van der Waals surface area contributed by atoms with Crippen molar-refractivity contribution in [3.8, 4) is 0 Å². The molecule has 0 bridgehead atoms. The Balaban J connectivity index is 2.70. The lowest BCUT2D eigenvalue weighted by atomic mass is 10.0. The van der Waals surface area contributed by atoms with Crippen molar-refractivity contribution < 1.29 is 4.39 Å². The highest BCUT2D eigenvalue weighted by Crippen LogP contribution is 2.18. The molecule has 0 atom stereocenters. The number of anilines is 1. The lowest BCUT2D eigenvalue weighted by Gasteiger charge is -2.13. The summed E-state index contributed by atoms with van der Waals surface area (Å²) in [7, 11) is 1.87. The van der Waals surface area contributed by atoms with Gasteiger partial charge in [-0.1, -0.05) is 12.1 Å². The molecule has 13 heavy (non-hydrogen) atoms. The molecule has 0 saturated heterocycles. The highest BCUT2D eigenvalue weighted by Gasteiger charge is 2.15. The van der Waals surface area contributed by atoms with E-state index in [1.54, 1.807) is 13.8 Å². The first-order valence-corrected chi connectivity index (χ1v) is 4.47. The fourth-order valence-electron chi connectivity index (χ4n) is 1.27. The molecule has 1 N–H and O–H groups in total. The monoisotopic (exact) mass is 181 g/mol. The van der Waals surface area contributed by atoms with E-state index in [9.17, 15) is 4.39 Å². The van der Waals surface area contributed by atoms with Gasteiger partial charge in [0.25, 0.3) is 0 Å². The molecule has 1 aromatic rings. The quantitative estimate of drug-likeness (QED) is 0.755. The van der Waals surface area contributed by atoms with Crippen molar-refractivity contribution in [3.05, 3.63) is 29.8 Å². The van der Waals surface area contributed by atoms with Crippen LogP contribution in [0.25, 0.3) is 0 Å². The van der Waals surface area contributed by atoms with Crippen LogP contribution in [0.5, 0.6) is 0 Å². The number of nitrogens with one attached hydrogen (secondary N) is 1. The van der Waals surface area contributed by atoms with E-state index in [0.29, 0.717) is 6.42 Å². The second-order valence-electron chi connectivity index (χ2n) is 3.84. The average molecular weight is 181 g/mol. The molecule has 0 amide bonds. The highest BCUT2D eigenvalue weighted by atomic mass is 19.1. The highest BCUT2D eigenvalue weighted by molar-refractivity contribution is 5.43. The number of hydrogen-bond donors (Lipinski definition) is 1. The van der Waals surface area contributed by atoms with Gasteiger partial charge in [-0.25, -0.2) is 4.39 Å². The number of halogens is 1. The van der Waals surface area contributed by atoms with Crippen LogP contribution in [0.2, 0.25) is 0 Å². The van der Waals surface area contributed by atoms with Crippen molar-refractivity contribution in [1.82, 2.24) is 0 Å². The summed E-state index contributed by atoms with van der Waals surface area (Å²) in [6.45, 7) is 3.19. The van der Waals surface area contributed by atoms with Crippen LogP contribution in [-0.4, -0.2) is 12.7 Å². The summed E-state index contributed by atoms with van der Waals surface area (Å²) in [5, 5.41) is 3.02. The second-order valence-corrected chi connectivity index (χ2v) is 3.84. The predicted molar refractivity (Wildman–Crippen MR) is 54.9 cm³/mol. The Morgan fingerprint density at radius 2 is 1.77 bits per heavy atom. The van der Waals surface area contributed by atoms with E-state index < -0.39 is 5.67 Å². The van der Waals surface area contributed by atoms with Crippen LogP contribution in [-0.2, 0) is 6.42 Å². The summed E-state index contributed by atoms with van der Waals surface area (Å²) in [5.74, 6) is 0. The summed E-state index contributed by atoms with van der Waals surface area (Å²) in [6, 6.07) is 7.82. The third-order valence-corrected chi connectivity index (χ3v) is 1.87. The molecule has 0 aliphatic rings. The van der Waals surface area contributed by atoms with Crippen molar-refractivity contribution in [2.24, 2.45) is 0 Å². The molecule has 72 valence electrons. The van der Waals surface area contributed by atoms with E-state index in [1.807, 2.05) is 31.3 Å². The molecule has 0 heterocycles. The molecule has 0 radical (unpaired) electrons. The lowest BCUT2D eigenvalue weighted by molar-refractivity contribution is 0.217. The van der Waals surface area contributed by atoms with E-state index in [2.05, 4.69) is 5.32 Å². The first-order valence-electron chi connectivity index (χ1n) is 4.47. The van der Waals surface area contributed by atoms with Gasteiger partial charge >= 0.3 is 0 Å². The van der Waals surface area contributed by atoms with Gasteiger partial charge in [0.15, 0.2) is 0 Å². The molecule has 1 nitrogen and oxygen atoms in total. The minimum absolute atomic E-state index is 0.469. The molecule has 1 aromatic carbocycles. The molecule has 0 aliphatic heterocycles. The Morgan fingerprint density at radius 1 is 1.23 bits per heavy atom. The van der Waals surface area contributed by atoms with Crippen LogP contribution in [0.1, 0.15) is 19.4 Å². The molecule has 1 rings (SSSR count). The number of benzene rings is 1. The normalized spacial score (nSPS) is 11.4. The van der Waals surface area contributed by atoms with Gasteiger partial charge in [-0.2, -0.15) is 0 Å². The van der Waals surface area contributed by atoms with Gasteiger partial charge < -0.3 is 5.32 Å². The Labute approximate surface area is 79.0 Å². The molecule has 0 fully saturated rings. The second kappa shape index (κ2) is 3.77. The topological polar surface area (TPSA) is 12.0 Å². The summed E-state index contributed by atoms with van der Waals surface area (Å²) in [6.07, 6.45) is 0.469. The molecular weight excluding hydrogens is 165 g/mol. The van der Waals surface area contributed by atoms with Gasteiger partial charge in [-0.15, -0.1) is 0 Å². The Morgan fingerprint density at radius 3 is 2.15 bits per heavy atom. The third-order valence-electron chi connectivity index (χ3n) is 1.87. The Kier molecular flexibility index (Phi) is 2.91. The lowest BCUT2D eigenvalue weighted by Crippen LogP contribution is -2.15. The van der Waals surface area contributed by atoms with E-state index in [-0.39, 0.29) is 0 Å². The fourth-order valence-corrected chi connectivity index (χ4v) is 1.27. The van der Waals surface area contributed by atoms with Crippen LogP contribution in [0.3, 0.4) is 0 Å². The van der Waals surface area contributed by atoms with E-state index in [1.165, 1.54) is 0 Å². The first-order chi connectivity index (χ1) is 6.01. The minimum atomic E-state index is -1.12. The molecule has 0 aliphatic carbocycles. The van der Waals surface area contributed by atoms with Gasteiger partial charge in [0, 0.05) is 19.2 Å². The van der Waals surface area contributed by atoms with Crippen molar-refractivity contribution in [2.45, 2.75) is 25.9 Å². The fraction of sp³-hybridized carbons (Fsp3) is 0.455. The zero-order chi connectivity index (χ0) is 9.90. The maximum absolute atomic E-state index is 13.2. The van der Waals surface area contributed by atoms with Crippen molar-refractivity contribution in [1.29, 1.82) is 0 Å². The van der Waals surface area contributed by atoms with Gasteiger partial charge in [0.2, 0.25) is 0 Å². The maximum atomic E-state index is 13.2. The summed E-state index contributed by atoms with van der Waals surface area (Å²) >= 11 is 0. The molecule has 0 saturated carbocycles. The van der Waals surface area contributed by atoms with Gasteiger partial charge in [0.1, 0.15) is 5.67 Å². The van der Waals surface area contributed by atoms with Crippen LogP contribution in [0.4, 0.5) is 10.1 Å². The van der Waals surface area contributed by atoms with E-state index in [0.717, 1.165) is 11.3 Å². The smallest absolute Gasteiger partial charge is 0.109 e. The number of rotatable bonds is 3. The summed E-state index contributed by atoms with van der Waals surface area (Å²) in [4.78, 5) is 0. The van der Waals surface area contributed by atoms with Gasteiger partial charge in [-0.05, 0) is 31.5 Å². The van der Waals surface area contributed by atoms with E-state index in [4.69, 9.17) is 0 Å². The molecule has 2 heteroatoms. The third kappa shape index (κ3) is 3.45. The standard InChI is InChI=1S/C11H16FN/c1-11(2,12)8-9-4-6-10(13-3)7-5-9/h4-7,13H,8H2,1-3H3. The van der Waals surface area contributed by atoms with E-state index >= 15 is 0 Å². The molecule has 0 aromatic heterocycles. The van der Waals surface area contributed by atoms with Crippen LogP contribution < -0.4 is 5.32 Å². The van der Waals surface area contributed by atoms with Crippen LogP contribution >= 0.6 is 0 Å². The largest absolute Gasteiger partial charge is 0.388 e. The first kappa shape index (κ1) is 10.0. The van der Waals surface area contributed by atoms with Crippen LogP contribution in [0.15, 0.2) is 24.3 Å². The van der Waals surface area contributed by atoms with Gasteiger partial charge in [-0.3, -0.25) is 0 Å². The minimum Gasteiger partial charge on any atom is -0.388 e. The Bertz CT molecular complexity index is 258. The van der Waals surface area contributed by atoms with Crippen LogP contribution in [0, 0.1) is 0 Å². The maximum Gasteiger partial charge on any atom is 0.109 e. The zero-order valence-electron chi connectivity index (χ0n) is 8.39. The summed E-state index contributed by atoms with van der Waals surface area (Å²) < 4.78 is 13.2. The van der Waals surface area contributed by atoms with Crippen molar-refractivity contribution in [2.75, 3.05) is 12.4 Å².